The van der Waals surface area contributed by atoms with E-state index in [1.54, 1.807) is 12.1 Å². The Bertz CT molecular complexity index is 921. The van der Waals surface area contributed by atoms with Crippen LogP contribution in [0.1, 0.15) is 42.5 Å². The first kappa shape index (κ1) is 26.4. The number of amides is 1. The molecule has 3 atom stereocenters. The number of carboxylic acids is 1. The molecule has 2 aromatic rings. The van der Waals surface area contributed by atoms with Crippen LogP contribution in [-0.4, -0.2) is 52.5 Å². The van der Waals surface area contributed by atoms with Gasteiger partial charge in [0.05, 0.1) is 18.6 Å². The average molecular weight is 465 g/mol. The Labute approximate surface area is 191 Å². The lowest BCUT2D eigenvalue weighted by Gasteiger charge is -2.26. The number of benzene rings is 2. The van der Waals surface area contributed by atoms with Gasteiger partial charge in [-0.15, -0.1) is 0 Å². The molecule has 0 heterocycles. The molecule has 9 heteroatoms. The minimum Gasteiger partial charge on any atom is -0.481 e. The third-order valence-electron chi connectivity index (χ3n) is 5.16. The third kappa shape index (κ3) is 9.25. The van der Waals surface area contributed by atoms with Crippen LogP contribution in [0.5, 0.6) is 0 Å². The van der Waals surface area contributed by atoms with Crippen LogP contribution in [-0.2, 0) is 22.4 Å². The van der Waals surface area contributed by atoms with Crippen molar-refractivity contribution in [3.8, 4) is 0 Å². The highest BCUT2D eigenvalue weighted by atomic mass is 19.1. The number of carboxylic acid groups (broad SMARTS) is 1. The van der Waals surface area contributed by atoms with Crippen molar-refractivity contribution < 1.29 is 33.7 Å². The molecule has 0 saturated heterocycles. The third-order valence-corrected chi connectivity index (χ3v) is 5.16. The number of aliphatic hydroxyl groups excluding tert-OH is 2. The van der Waals surface area contributed by atoms with Gasteiger partial charge in [0.15, 0.2) is 0 Å². The van der Waals surface area contributed by atoms with Crippen molar-refractivity contribution in [1.82, 2.24) is 10.6 Å². The molecular formula is C24H30F2N2O5. The molecule has 0 saturated carbocycles. The van der Waals surface area contributed by atoms with Crippen LogP contribution >= 0.6 is 0 Å². The summed E-state index contributed by atoms with van der Waals surface area (Å²) in [5.74, 6) is -2.98. The normalized spacial score (nSPS) is 13.8. The van der Waals surface area contributed by atoms with E-state index in [4.69, 9.17) is 5.11 Å². The number of nitrogens with one attached hydrogen (secondary N) is 2. The SMILES string of the molecule is CC(=O)N[C@@H](Cc1cc(F)cc(F)c1)[C@H](O)CNC(CC(=O)O)c1cccc(CCCO)c1. The van der Waals surface area contributed by atoms with Crippen LogP contribution in [0.25, 0.3) is 0 Å². The minimum atomic E-state index is -1.16. The molecule has 0 aliphatic rings. The topological polar surface area (TPSA) is 119 Å². The summed E-state index contributed by atoms with van der Waals surface area (Å²) in [6.45, 7) is 1.25. The minimum absolute atomic E-state index is 0.0165. The highest BCUT2D eigenvalue weighted by Gasteiger charge is 2.24. The summed E-state index contributed by atoms with van der Waals surface area (Å²) >= 11 is 0. The zero-order valence-corrected chi connectivity index (χ0v) is 18.4. The first-order chi connectivity index (χ1) is 15.7. The van der Waals surface area contributed by atoms with Gasteiger partial charge in [-0.05, 0) is 48.1 Å². The standard InChI is InChI=1S/C24H30F2N2O5/c1-15(30)28-22(11-17-9-19(25)12-20(26)10-17)23(31)14-27-21(13-24(32)33)18-6-2-4-16(8-18)5-3-7-29/h2,4,6,8-10,12,21-23,27,29,31H,3,5,7,11,13-14H2,1H3,(H,28,30)(H,32,33)/t21?,22-,23+/m0/s1. The van der Waals surface area contributed by atoms with Crippen molar-refractivity contribution in [2.75, 3.05) is 13.2 Å². The maximum Gasteiger partial charge on any atom is 0.305 e. The zero-order valence-electron chi connectivity index (χ0n) is 18.4. The monoisotopic (exact) mass is 464 g/mol. The van der Waals surface area contributed by atoms with Gasteiger partial charge in [0.1, 0.15) is 11.6 Å². The molecule has 0 aliphatic carbocycles. The van der Waals surface area contributed by atoms with Gasteiger partial charge in [-0.3, -0.25) is 9.59 Å². The summed E-state index contributed by atoms with van der Waals surface area (Å²) in [5.41, 5.74) is 1.93. The Balaban J connectivity index is 2.14. The Kier molecular flexibility index (Phi) is 10.4. The Hall–Kier alpha value is -2.88. The van der Waals surface area contributed by atoms with E-state index < -0.39 is 41.7 Å². The molecule has 180 valence electrons. The quantitative estimate of drug-likeness (QED) is 0.310. The summed E-state index contributed by atoms with van der Waals surface area (Å²) in [7, 11) is 0. The van der Waals surface area contributed by atoms with E-state index in [1.165, 1.54) is 6.92 Å². The number of hydrogen-bond acceptors (Lipinski definition) is 5. The van der Waals surface area contributed by atoms with E-state index >= 15 is 0 Å². The maximum absolute atomic E-state index is 13.5. The number of aryl methyl sites for hydroxylation is 1. The van der Waals surface area contributed by atoms with Crippen LogP contribution in [0.4, 0.5) is 8.78 Å². The van der Waals surface area contributed by atoms with Crippen molar-refractivity contribution in [2.45, 2.75) is 50.8 Å². The van der Waals surface area contributed by atoms with Gasteiger partial charge in [0.2, 0.25) is 5.91 Å². The van der Waals surface area contributed by atoms with E-state index in [-0.39, 0.29) is 31.6 Å². The van der Waals surface area contributed by atoms with E-state index in [9.17, 15) is 28.6 Å². The largest absolute Gasteiger partial charge is 0.481 e. The summed E-state index contributed by atoms with van der Waals surface area (Å²) < 4.78 is 27.1. The van der Waals surface area contributed by atoms with Crippen LogP contribution < -0.4 is 10.6 Å². The number of carbonyl (C=O) groups is 2. The molecule has 0 bridgehead atoms. The molecule has 0 aromatic heterocycles. The van der Waals surface area contributed by atoms with E-state index in [1.807, 2.05) is 12.1 Å². The van der Waals surface area contributed by atoms with Crippen LogP contribution in [0, 0.1) is 11.6 Å². The van der Waals surface area contributed by atoms with Crippen LogP contribution in [0.15, 0.2) is 42.5 Å². The molecule has 0 radical (unpaired) electrons. The fourth-order valence-electron chi connectivity index (χ4n) is 3.66. The second-order valence-electron chi connectivity index (χ2n) is 7.99. The molecule has 2 rings (SSSR count). The zero-order chi connectivity index (χ0) is 24.4. The summed E-state index contributed by atoms with van der Waals surface area (Å²) in [6, 6.07) is 8.84. The number of rotatable bonds is 13. The second kappa shape index (κ2) is 13.0. The van der Waals surface area contributed by atoms with Gasteiger partial charge in [-0.25, -0.2) is 8.78 Å². The Morgan fingerprint density at radius 3 is 2.36 bits per heavy atom. The highest BCUT2D eigenvalue weighted by molar-refractivity contribution is 5.73. The first-order valence-corrected chi connectivity index (χ1v) is 10.7. The number of aliphatic carboxylic acids is 1. The molecule has 0 spiro atoms. The van der Waals surface area contributed by atoms with Crippen molar-refractivity contribution >= 4 is 11.9 Å². The van der Waals surface area contributed by atoms with Gasteiger partial charge in [-0.1, -0.05) is 24.3 Å². The maximum atomic E-state index is 13.5. The summed E-state index contributed by atoms with van der Waals surface area (Å²) in [4.78, 5) is 23.0. The predicted molar refractivity (Wildman–Crippen MR) is 119 cm³/mol. The lowest BCUT2D eigenvalue weighted by atomic mass is 9.97. The first-order valence-electron chi connectivity index (χ1n) is 10.7. The molecule has 0 aliphatic heterocycles. The molecule has 5 N–H and O–H groups in total. The molecule has 7 nitrogen and oxygen atoms in total. The number of carbonyl (C=O) groups excluding carboxylic acids is 1. The molecular weight excluding hydrogens is 434 g/mol. The van der Waals surface area contributed by atoms with Gasteiger partial charge in [0, 0.05) is 32.2 Å². The van der Waals surface area contributed by atoms with E-state index in [2.05, 4.69) is 10.6 Å². The van der Waals surface area contributed by atoms with Crippen molar-refractivity contribution in [2.24, 2.45) is 0 Å². The Morgan fingerprint density at radius 2 is 1.76 bits per heavy atom. The molecule has 1 unspecified atom stereocenters. The summed E-state index contributed by atoms with van der Waals surface area (Å²) in [5, 5.41) is 34.7. The number of hydrogen-bond donors (Lipinski definition) is 5. The van der Waals surface area contributed by atoms with Crippen molar-refractivity contribution in [3.63, 3.8) is 0 Å². The second-order valence-corrected chi connectivity index (χ2v) is 7.99. The van der Waals surface area contributed by atoms with Gasteiger partial charge >= 0.3 is 5.97 Å². The molecule has 2 aromatic carbocycles. The lowest BCUT2D eigenvalue weighted by molar-refractivity contribution is -0.137. The Morgan fingerprint density at radius 1 is 1.06 bits per heavy atom. The highest BCUT2D eigenvalue weighted by Crippen LogP contribution is 2.20. The molecule has 1 amide bonds. The van der Waals surface area contributed by atoms with Crippen molar-refractivity contribution in [3.05, 3.63) is 70.8 Å². The van der Waals surface area contributed by atoms with Crippen molar-refractivity contribution in [1.29, 1.82) is 0 Å². The number of aliphatic hydroxyl groups is 2. The smallest absolute Gasteiger partial charge is 0.305 e. The average Bonchev–Trinajstić information content (AvgIpc) is 2.73. The van der Waals surface area contributed by atoms with Gasteiger partial charge in [0.25, 0.3) is 0 Å². The lowest BCUT2D eigenvalue weighted by Crippen LogP contribution is -2.48. The van der Waals surface area contributed by atoms with Crippen LogP contribution in [0.2, 0.25) is 0 Å². The fraction of sp³-hybridized carbons (Fsp3) is 0.417. The van der Waals surface area contributed by atoms with E-state index in [0.29, 0.717) is 18.4 Å². The number of halogens is 2. The molecule has 0 fully saturated rings. The predicted octanol–water partition coefficient (Wildman–Crippen LogP) is 2.10. The van der Waals surface area contributed by atoms with Gasteiger partial charge < -0.3 is 26.0 Å². The fourth-order valence-corrected chi connectivity index (χ4v) is 3.66. The van der Waals surface area contributed by atoms with Gasteiger partial charge in [-0.2, -0.15) is 0 Å². The summed E-state index contributed by atoms with van der Waals surface area (Å²) in [6.07, 6.45) is -0.193. The molecule has 33 heavy (non-hydrogen) atoms. The van der Waals surface area contributed by atoms with E-state index in [0.717, 1.165) is 23.8 Å². The van der Waals surface area contributed by atoms with Crippen LogP contribution in [0.3, 0.4) is 0 Å².